The molecule has 1 aromatic carbocycles. The summed E-state index contributed by atoms with van der Waals surface area (Å²) in [6.45, 7) is 3.46. The molecule has 5 heteroatoms. The zero-order valence-corrected chi connectivity index (χ0v) is 12.9. The van der Waals surface area contributed by atoms with Gasteiger partial charge in [0.15, 0.2) is 0 Å². The quantitative estimate of drug-likeness (QED) is 0.606. The second-order valence-corrected chi connectivity index (χ2v) is 6.93. The van der Waals surface area contributed by atoms with Crippen molar-refractivity contribution < 1.29 is 8.78 Å². The number of thiophene rings is 1. The van der Waals surface area contributed by atoms with E-state index < -0.39 is 17.0 Å². The van der Waals surface area contributed by atoms with E-state index in [1.165, 1.54) is 30.4 Å². The van der Waals surface area contributed by atoms with Crippen LogP contribution in [-0.2, 0) is 0 Å². The molecule has 1 atom stereocenters. The van der Waals surface area contributed by atoms with Crippen LogP contribution >= 0.6 is 38.9 Å². The third-order valence-corrected chi connectivity index (χ3v) is 5.48. The van der Waals surface area contributed by atoms with Gasteiger partial charge < -0.3 is 0 Å². The van der Waals surface area contributed by atoms with Crippen molar-refractivity contribution in [2.45, 2.75) is 19.2 Å². The van der Waals surface area contributed by atoms with Gasteiger partial charge >= 0.3 is 0 Å². The fourth-order valence-electron chi connectivity index (χ4n) is 1.62. The number of halogens is 4. The molecule has 1 unspecified atom stereocenters. The van der Waals surface area contributed by atoms with Crippen molar-refractivity contribution in [2.75, 3.05) is 0 Å². The first-order valence-electron chi connectivity index (χ1n) is 5.25. The molecule has 0 bridgehead atoms. The predicted octanol–water partition coefficient (Wildman–Crippen LogP) is 5.73. The predicted molar refractivity (Wildman–Crippen MR) is 75.5 cm³/mol. The van der Waals surface area contributed by atoms with Gasteiger partial charge in [0.2, 0.25) is 0 Å². The maximum Gasteiger partial charge on any atom is 0.128 e. The molecule has 0 aliphatic carbocycles. The van der Waals surface area contributed by atoms with E-state index >= 15 is 0 Å². The molecule has 0 spiro atoms. The molecule has 96 valence electrons. The van der Waals surface area contributed by atoms with E-state index in [9.17, 15) is 8.78 Å². The largest absolute Gasteiger partial charge is 0.207 e. The van der Waals surface area contributed by atoms with Crippen LogP contribution in [0.3, 0.4) is 0 Å². The van der Waals surface area contributed by atoms with Crippen LogP contribution in [0, 0.1) is 25.5 Å². The van der Waals surface area contributed by atoms with E-state index in [4.69, 9.17) is 11.6 Å². The molecule has 0 saturated carbocycles. The second kappa shape index (κ2) is 5.27. The van der Waals surface area contributed by atoms with Crippen molar-refractivity contribution in [1.82, 2.24) is 0 Å². The van der Waals surface area contributed by atoms with Crippen LogP contribution in [0.2, 0.25) is 0 Å². The molecular weight excluding hydrogens is 342 g/mol. The van der Waals surface area contributed by atoms with Gasteiger partial charge in [-0.2, -0.15) is 0 Å². The standard InChI is InChI=1S/C13H10BrClF2S/c1-6-3-10(17)8(5-9(6)16)12(15)11-4-7(2)13(14)18-11/h3-5,12H,1-2H3. The summed E-state index contributed by atoms with van der Waals surface area (Å²) in [5.74, 6) is -0.916. The molecule has 0 radical (unpaired) electrons. The molecule has 2 rings (SSSR count). The van der Waals surface area contributed by atoms with Crippen LogP contribution < -0.4 is 0 Å². The number of alkyl halides is 1. The summed E-state index contributed by atoms with van der Waals surface area (Å²) in [4.78, 5) is 0.795. The van der Waals surface area contributed by atoms with Crippen LogP contribution in [0.1, 0.15) is 26.9 Å². The van der Waals surface area contributed by atoms with E-state index in [0.29, 0.717) is 0 Å². The lowest BCUT2D eigenvalue weighted by Crippen LogP contribution is -1.98. The summed E-state index contributed by atoms with van der Waals surface area (Å²) in [5, 5.41) is -0.671. The fourth-order valence-corrected chi connectivity index (χ4v) is 3.55. The van der Waals surface area contributed by atoms with E-state index in [1.807, 2.05) is 13.0 Å². The van der Waals surface area contributed by atoms with Crippen LogP contribution in [0.4, 0.5) is 8.78 Å². The molecule has 0 aliphatic heterocycles. The van der Waals surface area contributed by atoms with Crippen molar-refractivity contribution in [3.8, 4) is 0 Å². The van der Waals surface area contributed by atoms with Crippen LogP contribution in [0.15, 0.2) is 22.0 Å². The SMILES string of the molecule is Cc1cc(F)c(C(Cl)c2cc(C)c(Br)s2)cc1F. The van der Waals surface area contributed by atoms with Gasteiger partial charge in [0.1, 0.15) is 11.6 Å². The van der Waals surface area contributed by atoms with Crippen molar-refractivity contribution >= 4 is 38.9 Å². The molecular formula is C13H10BrClF2S. The normalized spacial score (nSPS) is 12.8. The van der Waals surface area contributed by atoms with Crippen LogP contribution in [-0.4, -0.2) is 0 Å². The smallest absolute Gasteiger partial charge is 0.128 e. The average Bonchev–Trinajstić information content (AvgIpc) is 2.63. The first-order chi connectivity index (χ1) is 8.40. The number of aryl methyl sites for hydroxylation is 2. The maximum atomic E-state index is 13.8. The van der Waals surface area contributed by atoms with E-state index in [-0.39, 0.29) is 11.1 Å². The third kappa shape index (κ3) is 2.60. The summed E-state index contributed by atoms with van der Waals surface area (Å²) >= 11 is 11.1. The Hall–Kier alpha value is -0.450. The van der Waals surface area contributed by atoms with Crippen molar-refractivity contribution in [1.29, 1.82) is 0 Å². The van der Waals surface area contributed by atoms with Gasteiger partial charge in [0.05, 0.1) is 9.16 Å². The molecule has 0 nitrogen and oxygen atoms in total. The summed E-state index contributed by atoms with van der Waals surface area (Å²) in [7, 11) is 0. The Morgan fingerprint density at radius 3 is 2.33 bits per heavy atom. The van der Waals surface area contributed by atoms with Gasteiger partial charge in [-0.3, -0.25) is 0 Å². The Balaban J connectivity index is 2.45. The zero-order chi connectivity index (χ0) is 13.4. The van der Waals surface area contributed by atoms with Gasteiger partial charge in [0, 0.05) is 10.4 Å². The summed E-state index contributed by atoms with van der Waals surface area (Å²) < 4.78 is 28.3. The van der Waals surface area contributed by atoms with Gasteiger partial charge in [-0.05, 0) is 59.1 Å². The molecule has 0 saturated heterocycles. The first kappa shape index (κ1) is 14.0. The highest BCUT2D eigenvalue weighted by Crippen LogP contribution is 2.39. The third-order valence-electron chi connectivity index (χ3n) is 2.68. The number of hydrogen-bond donors (Lipinski definition) is 0. The van der Waals surface area contributed by atoms with Crippen molar-refractivity contribution in [2.24, 2.45) is 0 Å². The Morgan fingerprint density at radius 1 is 1.11 bits per heavy atom. The van der Waals surface area contributed by atoms with Gasteiger partial charge in [-0.25, -0.2) is 8.78 Å². The molecule has 1 aromatic heterocycles. The molecule has 0 aliphatic rings. The minimum absolute atomic E-state index is 0.175. The summed E-state index contributed by atoms with van der Waals surface area (Å²) in [5.41, 5.74) is 1.49. The lowest BCUT2D eigenvalue weighted by Gasteiger charge is -2.10. The Bertz CT molecular complexity index is 575. The van der Waals surface area contributed by atoms with E-state index in [1.54, 1.807) is 0 Å². The highest BCUT2D eigenvalue weighted by molar-refractivity contribution is 9.11. The fraction of sp³-hybridized carbons (Fsp3) is 0.231. The first-order valence-corrected chi connectivity index (χ1v) is 7.30. The molecule has 2 aromatic rings. The zero-order valence-electron chi connectivity index (χ0n) is 9.73. The van der Waals surface area contributed by atoms with Crippen LogP contribution in [0.5, 0.6) is 0 Å². The Labute approximate surface area is 122 Å². The lowest BCUT2D eigenvalue weighted by atomic mass is 10.1. The monoisotopic (exact) mass is 350 g/mol. The topological polar surface area (TPSA) is 0 Å². The number of benzene rings is 1. The van der Waals surface area contributed by atoms with Gasteiger partial charge in [0.25, 0.3) is 0 Å². The number of rotatable bonds is 2. The minimum Gasteiger partial charge on any atom is -0.207 e. The lowest BCUT2D eigenvalue weighted by molar-refractivity contribution is 0.581. The summed E-state index contributed by atoms with van der Waals surface area (Å²) in [6.07, 6.45) is 0. The molecule has 18 heavy (non-hydrogen) atoms. The van der Waals surface area contributed by atoms with Gasteiger partial charge in [-0.15, -0.1) is 22.9 Å². The van der Waals surface area contributed by atoms with E-state index in [2.05, 4.69) is 15.9 Å². The van der Waals surface area contributed by atoms with Crippen molar-refractivity contribution in [3.63, 3.8) is 0 Å². The molecule has 1 heterocycles. The average molecular weight is 352 g/mol. The number of hydrogen-bond acceptors (Lipinski definition) is 1. The molecule has 0 fully saturated rings. The minimum atomic E-state index is -0.671. The maximum absolute atomic E-state index is 13.8. The van der Waals surface area contributed by atoms with E-state index in [0.717, 1.165) is 14.2 Å². The second-order valence-electron chi connectivity index (χ2n) is 4.09. The van der Waals surface area contributed by atoms with Gasteiger partial charge in [-0.1, -0.05) is 0 Å². The highest BCUT2D eigenvalue weighted by atomic mass is 79.9. The summed E-state index contributed by atoms with van der Waals surface area (Å²) in [6, 6.07) is 4.23. The molecule has 0 N–H and O–H groups in total. The van der Waals surface area contributed by atoms with Crippen molar-refractivity contribution in [3.05, 3.63) is 55.2 Å². The Morgan fingerprint density at radius 2 is 1.78 bits per heavy atom. The highest BCUT2D eigenvalue weighted by Gasteiger charge is 2.20. The Kier molecular flexibility index (Phi) is 4.09. The molecule has 0 amide bonds. The van der Waals surface area contributed by atoms with Crippen LogP contribution in [0.25, 0.3) is 0 Å².